The SMILES string of the molecule is C.CC(=O)c1ccc(C2CC2Oc2cc(OCc3nccn3C)cc(-c3nc4ncccc4[nH]3)c2)cc1. The number of rotatable bonds is 8. The van der Waals surface area contributed by atoms with Gasteiger partial charge in [0, 0.05) is 48.7 Å². The largest absolute Gasteiger partial charge is 0.490 e. The van der Waals surface area contributed by atoms with Crippen molar-refractivity contribution >= 4 is 16.9 Å². The number of hydrogen-bond acceptors (Lipinski definition) is 6. The van der Waals surface area contributed by atoms with Crippen molar-refractivity contribution in [1.29, 1.82) is 0 Å². The molecule has 3 aromatic heterocycles. The fourth-order valence-corrected chi connectivity index (χ4v) is 4.32. The van der Waals surface area contributed by atoms with Gasteiger partial charge in [0.1, 0.15) is 35.9 Å². The van der Waals surface area contributed by atoms with E-state index in [9.17, 15) is 4.79 Å². The highest BCUT2D eigenvalue weighted by atomic mass is 16.5. The van der Waals surface area contributed by atoms with Crippen molar-refractivity contribution in [3.05, 3.63) is 90.1 Å². The van der Waals surface area contributed by atoms with Gasteiger partial charge >= 0.3 is 0 Å². The van der Waals surface area contributed by atoms with Crippen LogP contribution in [0.15, 0.2) is 73.2 Å². The van der Waals surface area contributed by atoms with E-state index in [-0.39, 0.29) is 19.3 Å². The van der Waals surface area contributed by atoms with Crippen LogP contribution in [0.3, 0.4) is 0 Å². The molecule has 2 atom stereocenters. The third-order valence-electron chi connectivity index (χ3n) is 6.46. The number of Topliss-reactive ketones (excluding diaryl/α,β-unsaturated/α-hetero) is 1. The molecule has 1 aliphatic rings. The second-order valence-corrected chi connectivity index (χ2v) is 9.07. The van der Waals surface area contributed by atoms with Crippen LogP contribution in [0.25, 0.3) is 22.6 Å². The molecule has 2 unspecified atom stereocenters. The lowest BCUT2D eigenvalue weighted by atomic mass is 10.1. The molecule has 6 rings (SSSR count). The van der Waals surface area contributed by atoms with E-state index in [0.29, 0.717) is 35.5 Å². The molecule has 2 aromatic carbocycles. The lowest BCUT2D eigenvalue weighted by Gasteiger charge is -2.12. The van der Waals surface area contributed by atoms with Crippen molar-refractivity contribution in [3.63, 3.8) is 0 Å². The number of nitrogens with one attached hydrogen (secondary N) is 1. The minimum absolute atomic E-state index is 0. The van der Waals surface area contributed by atoms with Crippen LogP contribution in [0.1, 0.15) is 48.4 Å². The zero-order valence-electron chi connectivity index (χ0n) is 20.0. The minimum atomic E-state index is 0. The predicted octanol–water partition coefficient (Wildman–Crippen LogP) is 5.71. The molecule has 8 heteroatoms. The van der Waals surface area contributed by atoms with Crippen molar-refractivity contribution in [2.75, 3.05) is 0 Å². The summed E-state index contributed by atoms with van der Waals surface area (Å²) in [4.78, 5) is 28.2. The summed E-state index contributed by atoms with van der Waals surface area (Å²) in [5, 5.41) is 0. The molecule has 0 spiro atoms. The molecule has 0 bridgehead atoms. The third kappa shape index (κ3) is 5.09. The predicted molar refractivity (Wildman–Crippen MR) is 142 cm³/mol. The number of ether oxygens (including phenoxy) is 2. The average molecular weight is 496 g/mol. The molecule has 5 aromatic rings. The highest BCUT2D eigenvalue weighted by molar-refractivity contribution is 5.94. The maximum absolute atomic E-state index is 11.6. The highest BCUT2D eigenvalue weighted by Crippen LogP contribution is 2.44. The van der Waals surface area contributed by atoms with Gasteiger partial charge in [-0.25, -0.2) is 15.0 Å². The van der Waals surface area contributed by atoms with Gasteiger partial charge in [-0.15, -0.1) is 0 Å². The summed E-state index contributed by atoms with van der Waals surface area (Å²) < 4.78 is 14.4. The second-order valence-electron chi connectivity index (χ2n) is 9.07. The van der Waals surface area contributed by atoms with Crippen molar-refractivity contribution < 1.29 is 14.3 Å². The van der Waals surface area contributed by atoms with Gasteiger partial charge in [0.2, 0.25) is 0 Å². The normalized spacial score (nSPS) is 16.3. The van der Waals surface area contributed by atoms with Crippen molar-refractivity contribution in [1.82, 2.24) is 24.5 Å². The topological polar surface area (TPSA) is 94.9 Å². The molecule has 0 radical (unpaired) electrons. The summed E-state index contributed by atoms with van der Waals surface area (Å²) in [6, 6.07) is 17.4. The van der Waals surface area contributed by atoms with Crippen LogP contribution in [-0.2, 0) is 13.7 Å². The number of nitrogens with zero attached hydrogens (tertiary/aromatic N) is 4. The van der Waals surface area contributed by atoms with Crippen LogP contribution >= 0.6 is 0 Å². The van der Waals surface area contributed by atoms with E-state index in [1.807, 2.05) is 72.4 Å². The average Bonchev–Trinajstić information content (AvgIpc) is 3.30. The van der Waals surface area contributed by atoms with E-state index in [4.69, 9.17) is 9.47 Å². The van der Waals surface area contributed by atoms with Crippen LogP contribution in [0, 0.1) is 0 Å². The lowest BCUT2D eigenvalue weighted by Crippen LogP contribution is -2.04. The van der Waals surface area contributed by atoms with Crippen LogP contribution in [0.4, 0.5) is 0 Å². The third-order valence-corrected chi connectivity index (χ3v) is 6.46. The molecule has 188 valence electrons. The molecule has 37 heavy (non-hydrogen) atoms. The number of hydrogen-bond donors (Lipinski definition) is 1. The molecule has 1 aliphatic carbocycles. The molecular weight excluding hydrogens is 466 g/mol. The summed E-state index contributed by atoms with van der Waals surface area (Å²) in [6.45, 7) is 1.92. The van der Waals surface area contributed by atoms with E-state index >= 15 is 0 Å². The Morgan fingerprint density at radius 2 is 1.89 bits per heavy atom. The van der Waals surface area contributed by atoms with Crippen LogP contribution in [0.5, 0.6) is 11.5 Å². The number of ketones is 1. The fraction of sp³-hybridized carbons (Fsp3) is 0.241. The van der Waals surface area contributed by atoms with E-state index in [0.717, 1.165) is 28.9 Å². The molecule has 1 fully saturated rings. The number of benzene rings is 2. The lowest BCUT2D eigenvalue weighted by molar-refractivity contribution is 0.101. The maximum atomic E-state index is 11.6. The summed E-state index contributed by atoms with van der Waals surface area (Å²) >= 11 is 0. The summed E-state index contributed by atoms with van der Waals surface area (Å²) in [5.74, 6) is 3.27. The van der Waals surface area contributed by atoms with E-state index in [1.165, 1.54) is 5.56 Å². The fourth-order valence-electron chi connectivity index (χ4n) is 4.32. The maximum Gasteiger partial charge on any atom is 0.178 e. The number of imidazole rings is 2. The highest BCUT2D eigenvalue weighted by Gasteiger charge is 2.41. The monoisotopic (exact) mass is 495 g/mol. The molecule has 1 N–H and O–H groups in total. The van der Waals surface area contributed by atoms with Gasteiger partial charge in [0.25, 0.3) is 0 Å². The molecule has 0 aliphatic heterocycles. The Bertz CT molecular complexity index is 1520. The first-order chi connectivity index (χ1) is 17.5. The summed E-state index contributed by atoms with van der Waals surface area (Å²) in [7, 11) is 1.94. The van der Waals surface area contributed by atoms with Gasteiger partial charge in [-0.05, 0) is 43.2 Å². The Balaban J connectivity index is 0.00000280. The zero-order chi connectivity index (χ0) is 24.6. The Hall–Kier alpha value is -4.46. The minimum Gasteiger partial charge on any atom is -0.490 e. The molecule has 0 amide bonds. The molecule has 0 saturated heterocycles. The molecule has 1 saturated carbocycles. The van der Waals surface area contributed by atoms with Gasteiger partial charge in [-0.2, -0.15) is 0 Å². The number of aryl methyl sites for hydroxylation is 1. The number of aromatic amines is 1. The Labute approximate surface area is 215 Å². The quantitative estimate of drug-likeness (QED) is 0.277. The number of fused-ring (bicyclic) bond motifs is 1. The van der Waals surface area contributed by atoms with Crippen molar-refractivity contribution in [2.45, 2.75) is 39.4 Å². The second kappa shape index (κ2) is 9.89. The van der Waals surface area contributed by atoms with Gasteiger partial charge in [0.05, 0.1) is 5.52 Å². The standard InChI is InChI=1S/C28H25N5O3.CH4/c1-17(34)18-5-7-19(8-6-18)23-15-25(23)36-22-13-20(27-31-24-4-3-9-30-28(24)32-27)12-21(14-22)35-16-26-29-10-11-33(26)2;/h3-14,23,25H,15-16H2,1-2H3,(H,30,31,32);1H4. The Kier molecular flexibility index (Phi) is 6.48. The van der Waals surface area contributed by atoms with Gasteiger partial charge < -0.3 is 19.0 Å². The summed E-state index contributed by atoms with van der Waals surface area (Å²) in [6.07, 6.45) is 6.34. The van der Waals surface area contributed by atoms with Gasteiger partial charge in [-0.1, -0.05) is 31.7 Å². The van der Waals surface area contributed by atoms with Crippen molar-refractivity contribution in [3.8, 4) is 22.9 Å². The van der Waals surface area contributed by atoms with E-state index < -0.39 is 0 Å². The first-order valence-corrected chi connectivity index (χ1v) is 11.9. The zero-order valence-corrected chi connectivity index (χ0v) is 20.0. The van der Waals surface area contributed by atoms with E-state index in [1.54, 1.807) is 19.3 Å². The van der Waals surface area contributed by atoms with Crippen LogP contribution in [0.2, 0.25) is 0 Å². The smallest absolute Gasteiger partial charge is 0.178 e. The number of carbonyl (C=O) groups is 1. The molecule has 8 nitrogen and oxygen atoms in total. The van der Waals surface area contributed by atoms with Crippen LogP contribution < -0.4 is 9.47 Å². The van der Waals surface area contributed by atoms with E-state index in [2.05, 4.69) is 19.9 Å². The Morgan fingerprint density at radius 1 is 1.08 bits per heavy atom. The first kappa shape index (κ1) is 24.2. The number of carbonyl (C=O) groups excluding carboxylic acids is 1. The number of H-pyrrole nitrogens is 1. The molecular formula is C29H29N5O3. The van der Waals surface area contributed by atoms with Crippen LogP contribution in [-0.4, -0.2) is 36.4 Å². The molecule has 3 heterocycles. The Morgan fingerprint density at radius 3 is 2.62 bits per heavy atom. The number of aromatic nitrogens is 5. The van der Waals surface area contributed by atoms with Crippen molar-refractivity contribution in [2.24, 2.45) is 7.05 Å². The summed E-state index contributed by atoms with van der Waals surface area (Å²) in [5.41, 5.74) is 4.27. The van der Waals surface area contributed by atoms with Gasteiger partial charge in [-0.3, -0.25) is 4.79 Å². The first-order valence-electron chi connectivity index (χ1n) is 11.9. The number of pyridine rings is 1. The van der Waals surface area contributed by atoms with Gasteiger partial charge in [0.15, 0.2) is 11.4 Å².